The maximum Gasteiger partial charge on any atom is 0.123 e. The maximum atomic E-state index is 9.97. The van der Waals surface area contributed by atoms with Gasteiger partial charge in [0.2, 0.25) is 0 Å². The SMILES string of the molecule is Oc1ccc(C=NCCCCN=Cc2ccc(O)c3ccccc23)c2ccccc12. The van der Waals surface area contributed by atoms with E-state index in [1.807, 2.05) is 73.1 Å². The summed E-state index contributed by atoms with van der Waals surface area (Å²) >= 11 is 0. The molecule has 30 heavy (non-hydrogen) atoms. The van der Waals surface area contributed by atoms with Gasteiger partial charge in [0.1, 0.15) is 11.5 Å². The van der Waals surface area contributed by atoms with Gasteiger partial charge in [-0.1, -0.05) is 48.5 Å². The lowest BCUT2D eigenvalue weighted by Gasteiger charge is -2.04. The molecule has 0 bridgehead atoms. The fourth-order valence-corrected chi connectivity index (χ4v) is 3.57. The lowest BCUT2D eigenvalue weighted by atomic mass is 10.0. The molecule has 0 spiro atoms. The normalized spacial score (nSPS) is 11.9. The number of phenols is 2. The lowest BCUT2D eigenvalue weighted by molar-refractivity contribution is 0.481. The van der Waals surface area contributed by atoms with Gasteiger partial charge in [-0.15, -0.1) is 0 Å². The van der Waals surface area contributed by atoms with E-state index in [1.165, 1.54) is 0 Å². The summed E-state index contributed by atoms with van der Waals surface area (Å²) in [6.45, 7) is 1.49. The summed E-state index contributed by atoms with van der Waals surface area (Å²) in [5, 5.41) is 23.6. The molecule has 2 N–H and O–H groups in total. The van der Waals surface area contributed by atoms with E-state index in [0.717, 1.165) is 58.6 Å². The Morgan fingerprint density at radius 1 is 0.533 bits per heavy atom. The van der Waals surface area contributed by atoms with Crippen molar-refractivity contribution in [2.45, 2.75) is 12.8 Å². The Labute approximate surface area is 175 Å². The molecule has 0 radical (unpaired) electrons. The van der Waals surface area contributed by atoms with E-state index in [-0.39, 0.29) is 0 Å². The van der Waals surface area contributed by atoms with Gasteiger partial charge in [0.25, 0.3) is 0 Å². The smallest absolute Gasteiger partial charge is 0.123 e. The van der Waals surface area contributed by atoms with Crippen molar-refractivity contribution in [3.63, 3.8) is 0 Å². The summed E-state index contributed by atoms with van der Waals surface area (Å²) in [6.07, 6.45) is 5.68. The third-order valence-electron chi connectivity index (χ3n) is 5.15. The molecule has 0 saturated carbocycles. The van der Waals surface area contributed by atoms with E-state index in [9.17, 15) is 10.2 Å². The van der Waals surface area contributed by atoms with Gasteiger partial charge in [-0.25, -0.2) is 0 Å². The van der Waals surface area contributed by atoms with Gasteiger partial charge < -0.3 is 10.2 Å². The number of aromatic hydroxyl groups is 2. The number of hydrogen-bond acceptors (Lipinski definition) is 4. The fraction of sp³-hybridized carbons (Fsp3) is 0.154. The van der Waals surface area contributed by atoms with E-state index in [4.69, 9.17) is 0 Å². The molecule has 0 aliphatic heterocycles. The van der Waals surface area contributed by atoms with E-state index in [2.05, 4.69) is 9.98 Å². The van der Waals surface area contributed by atoms with Crippen LogP contribution in [0.4, 0.5) is 0 Å². The van der Waals surface area contributed by atoms with Crippen LogP contribution in [0.3, 0.4) is 0 Å². The molecule has 4 aromatic rings. The van der Waals surface area contributed by atoms with E-state index < -0.39 is 0 Å². The topological polar surface area (TPSA) is 65.2 Å². The Balaban J connectivity index is 1.30. The molecule has 0 heterocycles. The zero-order valence-corrected chi connectivity index (χ0v) is 16.7. The Bertz CT molecular complexity index is 1130. The number of benzene rings is 4. The van der Waals surface area contributed by atoms with E-state index in [0.29, 0.717) is 11.5 Å². The van der Waals surface area contributed by atoms with Crippen molar-refractivity contribution in [1.29, 1.82) is 0 Å². The molecule has 150 valence electrons. The van der Waals surface area contributed by atoms with Crippen LogP contribution in [0.1, 0.15) is 24.0 Å². The van der Waals surface area contributed by atoms with Crippen molar-refractivity contribution in [3.05, 3.63) is 83.9 Å². The van der Waals surface area contributed by atoms with Gasteiger partial charge in [-0.2, -0.15) is 0 Å². The molecule has 4 heteroatoms. The Hall–Kier alpha value is -3.66. The molecule has 4 nitrogen and oxygen atoms in total. The van der Waals surface area contributed by atoms with Gasteiger partial charge >= 0.3 is 0 Å². The molecule has 4 aromatic carbocycles. The summed E-state index contributed by atoms with van der Waals surface area (Å²) in [6, 6.07) is 22.8. The van der Waals surface area contributed by atoms with Gasteiger partial charge in [0.05, 0.1) is 0 Å². The number of nitrogens with zero attached hydrogens (tertiary/aromatic N) is 2. The number of rotatable bonds is 7. The number of hydrogen-bond donors (Lipinski definition) is 2. The molecule has 0 aliphatic carbocycles. The molecule has 0 fully saturated rings. The number of fused-ring (bicyclic) bond motifs is 2. The van der Waals surface area contributed by atoms with Crippen LogP contribution in [0, 0.1) is 0 Å². The van der Waals surface area contributed by atoms with Gasteiger partial charge in [0, 0.05) is 47.4 Å². The number of phenolic OH excluding ortho intramolecular Hbond substituents is 2. The molecule has 0 aromatic heterocycles. The summed E-state index contributed by atoms with van der Waals surface area (Å²) in [7, 11) is 0. The third kappa shape index (κ3) is 4.33. The highest BCUT2D eigenvalue weighted by atomic mass is 16.3. The highest BCUT2D eigenvalue weighted by Crippen LogP contribution is 2.27. The Kier molecular flexibility index (Phi) is 6.04. The van der Waals surface area contributed by atoms with Crippen LogP contribution in [-0.2, 0) is 0 Å². The minimum atomic E-state index is 0.294. The summed E-state index contributed by atoms with van der Waals surface area (Å²) in [4.78, 5) is 9.08. The van der Waals surface area contributed by atoms with Crippen LogP contribution in [0.15, 0.2) is 82.8 Å². The predicted molar refractivity (Wildman–Crippen MR) is 125 cm³/mol. The van der Waals surface area contributed by atoms with Crippen molar-refractivity contribution in [2.75, 3.05) is 13.1 Å². The third-order valence-corrected chi connectivity index (χ3v) is 5.15. The van der Waals surface area contributed by atoms with Crippen molar-refractivity contribution in [1.82, 2.24) is 0 Å². The number of aliphatic imine (C=N–C) groups is 2. The maximum absolute atomic E-state index is 9.97. The van der Waals surface area contributed by atoms with Crippen LogP contribution in [0.25, 0.3) is 21.5 Å². The first-order valence-electron chi connectivity index (χ1n) is 10.1. The average Bonchev–Trinajstić information content (AvgIpc) is 2.78. The minimum Gasteiger partial charge on any atom is -0.507 e. The van der Waals surface area contributed by atoms with Crippen LogP contribution in [0.5, 0.6) is 11.5 Å². The second-order valence-corrected chi connectivity index (χ2v) is 7.22. The van der Waals surface area contributed by atoms with E-state index in [1.54, 1.807) is 12.1 Å². The summed E-state index contributed by atoms with van der Waals surface area (Å²) < 4.78 is 0. The largest absolute Gasteiger partial charge is 0.507 e. The fourth-order valence-electron chi connectivity index (χ4n) is 3.57. The van der Waals surface area contributed by atoms with Crippen LogP contribution >= 0.6 is 0 Å². The van der Waals surface area contributed by atoms with Crippen LogP contribution in [-0.4, -0.2) is 35.7 Å². The molecule has 0 saturated heterocycles. The molecule has 0 atom stereocenters. The highest BCUT2D eigenvalue weighted by Gasteiger charge is 2.03. The van der Waals surface area contributed by atoms with Crippen molar-refractivity contribution >= 4 is 34.0 Å². The zero-order chi connectivity index (χ0) is 20.8. The van der Waals surface area contributed by atoms with Crippen LogP contribution < -0.4 is 0 Å². The quantitative estimate of drug-likeness (QED) is 0.310. The highest BCUT2D eigenvalue weighted by molar-refractivity contribution is 6.03. The molecular formula is C26H24N2O2. The first kappa shape index (κ1) is 19.6. The molecule has 0 aliphatic rings. The standard InChI is InChI=1S/C26H24N2O2/c29-25-13-11-19(21-7-1-3-9-23(21)25)17-27-15-5-6-16-28-18-20-12-14-26(30)24-10-4-2-8-22(20)24/h1-4,7-14,17-18,29-30H,5-6,15-16H2. The minimum absolute atomic E-state index is 0.294. The molecule has 0 amide bonds. The van der Waals surface area contributed by atoms with Crippen molar-refractivity contribution < 1.29 is 10.2 Å². The van der Waals surface area contributed by atoms with Gasteiger partial charge in [-0.05, 0) is 47.9 Å². The Morgan fingerprint density at radius 3 is 1.37 bits per heavy atom. The van der Waals surface area contributed by atoms with E-state index >= 15 is 0 Å². The van der Waals surface area contributed by atoms with Gasteiger partial charge in [-0.3, -0.25) is 9.98 Å². The first-order chi connectivity index (χ1) is 14.7. The second-order valence-electron chi connectivity index (χ2n) is 7.22. The lowest BCUT2D eigenvalue weighted by Crippen LogP contribution is -1.90. The van der Waals surface area contributed by atoms with Crippen molar-refractivity contribution in [3.8, 4) is 11.5 Å². The summed E-state index contributed by atoms with van der Waals surface area (Å²) in [5.74, 6) is 0.587. The van der Waals surface area contributed by atoms with Crippen LogP contribution in [0.2, 0.25) is 0 Å². The average molecular weight is 396 g/mol. The molecular weight excluding hydrogens is 372 g/mol. The predicted octanol–water partition coefficient (Wildman–Crippen LogP) is 5.72. The molecule has 0 unspecified atom stereocenters. The van der Waals surface area contributed by atoms with Crippen molar-refractivity contribution in [2.24, 2.45) is 9.98 Å². The van der Waals surface area contributed by atoms with Gasteiger partial charge in [0.15, 0.2) is 0 Å². The summed E-state index contributed by atoms with van der Waals surface area (Å²) in [5.41, 5.74) is 2.03. The first-order valence-corrected chi connectivity index (χ1v) is 10.1. The number of unbranched alkanes of at least 4 members (excludes halogenated alkanes) is 1. The monoisotopic (exact) mass is 396 g/mol. The molecule has 4 rings (SSSR count). The zero-order valence-electron chi connectivity index (χ0n) is 16.7. The second kappa shape index (κ2) is 9.23. The Morgan fingerprint density at radius 2 is 0.933 bits per heavy atom.